The maximum absolute atomic E-state index is 4.47. The average molecular weight is 362 g/mol. The molecule has 140 valence electrons. The third kappa shape index (κ3) is 4.53. The van der Waals surface area contributed by atoms with Crippen molar-refractivity contribution in [2.75, 3.05) is 5.32 Å². The second-order valence-electron chi connectivity index (χ2n) is 6.72. The number of nitrogens with one attached hydrogen (secondary N) is 2. The zero-order valence-electron chi connectivity index (χ0n) is 16.3. The first kappa shape index (κ1) is 18.6. The number of anilines is 1. The molecule has 0 aliphatic carbocycles. The maximum Gasteiger partial charge on any atom is 0.159 e. The second kappa shape index (κ2) is 8.03. The van der Waals surface area contributed by atoms with Crippen LogP contribution in [0.25, 0.3) is 5.82 Å². The average Bonchev–Trinajstić information content (AvgIpc) is 3.09. The summed E-state index contributed by atoms with van der Waals surface area (Å²) in [7, 11) is 0. The van der Waals surface area contributed by atoms with Crippen LogP contribution in [-0.2, 0) is 0 Å². The van der Waals surface area contributed by atoms with Crippen LogP contribution in [0.15, 0.2) is 55.3 Å². The van der Waals surface area contributed by atoms with Gasteiger partial charge in [-0.05, 0) is 32.8 Å². The van der Waals surface area contributed by atoms with Gasteiger partial charge in [-0.3, -0.25) is 0 Å². The van der Waals surface area contributed by atoms with Crippen LogP contribution in [0.3, 0.4) is 0 Å². The first-order chi connectivity index (χ1) is 13.0. The molecule has 1 atom stereocenters. The van der Waals surface area contributed by atoms with Gasteiger partial charge in [0.1, 0.15) is 5.82 Å². The van der Waals surface area contributed by atoms with Gasteiger partial charge in [-0.15, -0.1) is 0 Å². The summed E-state index contributed by atoms with van der Waals surface area (Å²) in [6, 6.07) is 8.73. The Kier molecular flexibility index (Phi) is 5.54. The summed E-state index contributed by atoms with van der Waals surface area (Å²) < 4.78 is 1.75. The Bertz CT molecular complexity index is 943. The lowest BCUT2D eigenvalue weighted by atomic mass is 10.0. The van der Waals surface area contributed by atoms with Gasteiger partial charge in [0.15, 0.2) is 5.82 Å². The molecule has 0 spiro atoms. The van der Waals surface area contributed by atoms with Gasteiger partial charge in [0.2, 0.25) is 0 Å². The fourth-order valence-electron chi connectivity index (χ4n) is 2.98. The molecule has 0 saturated carbocycles. The second-order valence-corrected chi connectivity index (χ2v) is 6.72. The van der Waals surface area contributed by atoms with Crippen molar-refractivity contribution in [1.29, 1.82) is 0 Å². The van der Waals surface area contributed by atoms with Crippen molar-refractivity contribution in [2.45, 2.75) is 40.2 Å². The van der Waals surface area contributed by atoms with E-state index in [0.29, 0.717) is 0 Å². The van der Waals surface area contributed by atoms with Crippen LogP contribution in [0.2, 0.25) is 0 Å². The third-order valence-electron chi connectivity index (χ3n) is 4.36. The first-order valence-corrected chi connectivity index (χ1v) is 9.10. The normalized spacial score (nSPS) is 11.9. The summed E-state index contributed by atoms with van der Waals surface area (Å²) in [4.78, 5) is 8.67. The molecular weight excluding hydrogens is 336 g/mol. The topological polar surface area (TPSA) is 67.7 Å². The highest BCUT2D eigenvalue weighted by molar-refractivity contribution is 5.46. The van der Waals surface area contributed by atoms with E-state index in [1.165, 1.54) is 11.1 Å². The zero-order chi connectivity index (χ0) is 19.4. The molecule has 3 rings (SSSR count). The van der Waals surface area contributed by atoms with Crippen molar-refractivity contribution in [2.24, 2.45) is 0 Å². The van der Waals surface area contributed by atoms with Crippen molar-refractivity contribution in [3.8, 4) is 5.82 Å². The number of hydrogen-bond donors (Lipinski definition) is 2. The zero-order valence-corrected chi connectivity index (χ0v) is 16.3. The summed E-state index contributed by atoms with van der Waals surface area (Å²) in [5.41, 5.74) is 4.33. The molecule has 2 aromatic heterocycles. The van der Waals surface area contributed by atoms with Gasteiger partial charge >= 0.3 is 0 Å². The highest BCUT2D eigenvalue weighted by atomic mass is 15.3. The van der Waals surface area contributed by atoms with Crippen molar-refractivity contribution in [3.63, 3.8) is 0 Å². The Hall–Kier alpha value is -3.15. The molecule has 0 saturated heterocycles. The molecular formula is C21H26N6. The Morgan fingerprint density at radius 2 is 2.04 bits per heavy atom. The number of aryl methyl sites for hydroxylation is 3. The van der Waals surface area contributed by atoms with Gasteiger partial charge in [-0.25, -0.2) is 14.6 Å². The highest BCUT2D eigenvalue weighted by Gasteiger charge is 2.11. The Morgan fingerprint density at radius 1 is 1.22 bits per heavy atom. The van der Waals surface area contributed by atoms with Crippen LogP contribution in [-0.4, -0.2) is 19.7 Å². The molecule has 0 amide bonds. The molecule has 0 aliphatic rings. The molecule has 0 aliphatic heterocycles. The van der Waals surface area contributed by atoms with Gasteiger partial charge in [0, 0.05) is 11.8 Å². The van der Waals surface area contributed by atoms with E-state index in [4.69, 9.17) is 0 Å². The van der Waals surface area contributed by atoms with E-state index in [0.717, 1.165) is 35.1 Å². The van der Waals surface area contributed by atoms with E-state index in [9.17, 15) is 0 Å². The Morgan fingerprint density at radius 3 is 2.78 bits per heavy atom. The van der Waals surface area contributed by atoms with Gasteiger partial charge in [-0.2, -0.15) is 5.10 Å². The molecule has 2 heterocycles. The minimum absolute atomic E-state index is 0.201. The van der Waals surface area contributed by atoms with E-state index >= 15 is 0 Å². The van der Waals surface area contributed by atoms with Crippen LogP contribution in [0.1, 0.15) is 41.9 Å². The molecule has 1 aromatic carbocycles. The largest absolute Gasteiger partial charge is 0.365 e. The fourth-order valence-corrected chi connectivity index (χ4v) is 2.98. The lowest BCUT2D eigenvalue weighted by Crippen LogP contribution is -2.23. The Labute approximate surface area is 160 Å². The summed E-state index contributed by atoms with van der Waals surface area (Å²) in [6.07, 6.45) is 6.43. The highest BCUT2D eigenvalue weighted by Crippen LogP contribution is 2.20. The minimum Gasteiger partial charge on any atom is -0.365 e. The summed E-state index contributed by atoms with van der Waals surface area (Å²) in [5.74, 6) is 2.23. The SMILES string of the molecule is C=C(Nc1cnn(-c2nc(C)ncc2C)c1)N[C@@H](CC)c1cccc(C)c1. The predicted octanol–water partition coefficient (Wildman–Crippen LogP) is 4.21. The first-order valence-electron chi connectivity index (χ1n) is 9.10. The van der Waals surface area contributed by atoms with Crippen LogP contribution in [0.5, 0.6) is 0 Å². The standard InChI is InChI=1S/C21H26N6/c1-6-20(18-9-7-8-14(2)10-18)25-17(5)24-19-12-23-27(13-19)21-15(3)11-22-16(4)26-21/h7-13,20,24-25H,5-6H2,1-4H3/t20-/m0/s1. The van der Waals surface area contributed by atoms with E-state index in [1.54, 1.807) is 17.1 Å². The quantitative estimate of drug-likeness (QED) is 0.659. The van der Waals surface area contributed by atoms with Crippen LogP contribution in [0, 0.1) is 20.8 Å². The van der Waals surface area contributed by atoms with E-state index in [-0.39, 0.29) is 6.04 Å². The summed E-state index contributed by atoms with van der Waals surface area (Å²) in [6.45, 7) is 12.2. The van der Waals surface area contributed by atoms with Gasteiger partial charge in [0.05, 0.1) is 29.9 Å². The molecule has 0 radical (unpaired) electrons. The van der Waals surface area contributed by atoms with E-state index in [1.807, 2.05) is 20.0 Å². The molecule has 3 aromatic rings. The van der Waals surface area contributed by atoms with Crippen molar-refractivity contribution >= 4 is 5.69 Å². The summed E-state index contributed by atoms with van der Waals surface area (Å²) in [5, 5.41) is 11.1. The van der Waals surface area contributed by atoms with E-state index < -0.39 is 0 Å². The monoisotopic (exact) mass is 362 g/mol. The molecule has 27 heavy (non-hydrogen) atoms. The molecule has 0 fully saturated rings. The molecule has 0 bridgehead atoms. The molecule has 0 unspecified atom stereocenters. The molecule has 2 N–H and O–H groups in total. The minimum atomic E-state index is 0.201. The van der Waals surface area contributed by atoms with Gasteiger partial charge < -0.3 is 10.6 Å². The summed E-state index contributed by atoms with van der Waals surface area (Å²) >= 11 is 0. The lowest BCUT2D eigenvalue weighted by molar-refractivity contribution is 0.582. The van der Waals surface area contributed by atoms with Gasteiger partial charge in [-0.1, -0.05) is 43.3 Å². The van der Waals surface area contributed by atoms with Crippen LogP contribution < -0.4 is 10.6 Å². The maximum atomic E-state index is 4.47. The number of benzene rings is 1. The fraction of sp³-hybridized carbons (Fsp3) is 0.286. The predicted molar refractivity (Wildman–Crippen MR) is 109 cm³/mol. The smallest absolute Gasteiger partial charge is 0.159 e. The van der Waals surface area contributed by atoms with Crippen LogP contribution >= 0.6 is 0 Å². The van der Waals surface area contributed by atoms with Crippen molar-refractivity contribution < 1.29 is 0 Å². The third-order valence-corrected chi connectivity index (χ3v) is 4.36. The van der Waals surface area contributed by atoms with Crippen molar-refractivity contribution in [1.82, 2.24) is 25.1 Å². The number of hydrogen-bond acceptors (Lipinski definition) is 5. The molecule has 6 heteroatoms. The van der Waals surface area contributed by atoms with Crippen molar-refractivity contribution in [3.05, 3.63) is 77.8 Å². The Balaban J connectivity index is 1.69. The van der Waals surface area contributed by atoms with Crippen LogP contribution in [0.4, 0.5) is 5.69 Å². The van der Waals surface area contributed by atoms with E-state index in [2.05, 4.69) is 70.4 Å². The number of aromatic nitrogens is 4. The number of rotatable bonds is 7. The molecule has 6 nitrogen and oxygen atoms in total. The number of nitrogens with zero attached hydrogens (tertiary/aromatic N) is 4. The van der Waals surface area contributed by atoms with Gasteiger partial charge in [0.25, 0.3) is 0 Å². The lowest BCUT2D eigenvalue weighted by Gasteiger charge is -2.21.